The number of halogens is 1. The van der Waals surface area contributed by atoms with Crippen molar-refractivity contribution in [3.63, 3.8) is 0 Å². The van der Waals surface area contributed by atoms with Gasteiger partial charge in [-0.15, -0.1) is 0 Å². The minimum absolute atomic E-state index is 0.315. The molecule has 19 heavy (non-hydrogen) atoms. The van der Waals surface area contributed by atoms with Crippen molar-refractivity contribution < 1.29 is 9.53 Å². The third-order valence-electron chi connectivity index (χ3n) is 2.63. The van der Waals surface area contributed by atoms with Crippen molar-refractivity contribution in [3.05, 3.63) is 40.4 Å². The molecule has 0 aliphatic heterocycles. The highest BCUT2D eigenvalue weighted by Gasteiger charge is 2.10. The first-order valence-corrected chi connectivity index (χ1v) is 6.51. The van der Waals surface area contributed by atoms with E-state index in [0.717, 1.165) is 15.2 Å². The average molecular weight is 319 g/mol. The molecule has 5 heteroatoms. The number of carbonyl (C=O) groups is 1. The third-order valence-corrected chi connectivity index (χ3v) is 3.48. The molecule has 0 spiro atoms. The second kappa shape index (κ2) is 5.72. The first-order chi connectivity index (χ1) is 9.17. The van der Waals surface area contributed by atoms with Crippen LogP contribution in [-0.2, 0) is 4.74 Å². The van der Waals surface area contributed by atoms with Crippen LogP contribution in [0.5, 0.6) is 0 Å². The number of fused-ring (bicyclic) bond motifs is 1. The molecule has 96 valence electrons. The van der Waals surface area contributed by atoms with Crippen LogP contribution in [0.4, 0.5) is 10.5 Å². The maximum absolute atomic E-state index is 11.4. The van der Waals surface area contributed by atoms with E-state index < -0.39 is 6.09 Å². The summed E-state index contributed by atoms with van der Waals surface area (Å²) in [4.78, 5) is 11.4. The molecule has 0 radical (unpaired) electrons. The van der Waals surface area contributed by atoms with Gasteiger partial charge in [0.05, 0.1) is 23.9 Å². The molecule has 0 atom stereocenters. The van der Waals surface area contributed by atoms with Crippen LogP contribution < -0.4 is 5.32 Å². The zero-order valence-corrected chi connectivity index (χ0v) is 11.8. The van der Waals surface area contributed by atoms with Crippen LogP contribution in [0, 0.1) is 11.3 Å². The normalized spacial score (nSPS) is 9.95. The Bertz CT molecular complexity index is 677. The highest BCUT2D eigenvalue weighted by Crippen LogP contribution is 2.32. The fourth-order valence-electron chi connectivity index (χ4n) is 1.79. The van der Waals surface area contributed by atoms with E-state index in [1.807, 2.05) is 6.07 Å². The summed E-state index contributed by atoms with van der Waals surface area (Å²) in [5.41, 5.74) is 1.21. The summed E-state index contributed by atoms with van der Waals surface area (Å²) < 4.78 is 5.57. The summed E-state index contributed by atoms with van der Waals surface area (Å²) in [5.74, 6) is 0. The van der Waals surface area contributed by atoms with Gasteiger partial charge < -0.3 is 4.74 Å². The van der Waals surface area contributed by atoms with Crippen molar-refractivity contribution in [1.29, 1.82) is 5.26 Å². The van der Waals surface area contributed by atoms with Crippen molar-refractivity contribution in [1.82, 2.24) is 0 Å². The van der Waals surface area contributed by atoms with Gasteiger partial charge in [-0.1, -0.05) is 18.2 Å². The van der Waals surface area contributed by atoms with Gasteiger partial charge in [-0.2, -0.15) is 5.26 Å². The molecule has 0 bridgehead atoms. The molecule has 2 rings (SSSR count). The highest BCUT2D eigenvalue weighted by molar-refractivity contribution is 9.10. The lowest BCUT2D eigenvalue weighted by molar-refractivity contribution is 0.168. The standard InChI is InChI=1S/C14H11BrN2O2/c1-2-19-14(18)17-12-7-6-10-9(8-16)4-3-5-11(10)13(12)15/h3-7H,2H2,1H3,(H,17,18). The smallest absolute Gasteiger partial charge is 0.411 e. The zero-order chi connectivity index (χ0) is 13.8. The van der Waals surface area contributed by atoms with E-state index in [-0.39, 0.29) is 0 Å². The fraction of sp³-hybridized carbons (Fsp3) is 0.143. The van der Waals surface area contributed by atoms with Gasteiger partial charge in [-0.3, -0.25) is 5.32 Å². The predicted octanol–water partition coefficient (Wildman–Crippen LogP) is 4.04. The van der Waals surface area contributed by atoms with E-state index in [2.05, 4.69) is 27.3 Å². The summed E-state index contributed by atoms with van der Waals surface area (Å²) in [7, 11) is 0. The largest absolute Gasteiger partial charge is 0.450 e. The Morgan fingerprint density at radius 1 is 1.37 bits per heavy atom. The number of benzene rings is 2. The fourth-order valence-corrected chi connectivity index (χ4v) is 2.37. The van der Waals surface area contributed by atoms with E-state index in [9.17, 15) is 4.79 Å². The Balaban J connectivity index is 2.47. The number of hydrogen-bond acceptors (Lipinski definition) is 3. The van der Waals surface area contributed by atoms with Crippen LogP contribution in [-0.4, -0.2) is 12.7 Å². The highest BCUT2D eigenvalue weighted by atomic mass is 79.9. The Morgan fingerprint density at radius 3 is 2.84 bits per heavy atom. The molecular formula is C14H11BrN2O2. The van der Waals surface area contributed by atoms with Crippen LogP contribution >= 0.6 is 15.9 Å². The lowest BCUT2D eigenvalue weighted by Crippen LogP contribution is -2.13. The van der Waals surface area contributed by atoms with Crippen LogP contribution in [0.2, 0.25) is 0 Å². The van der Waals surface area contributed by atoms with Crippen molar-refractivity contribution >= 4 is 38.5 Å². The summed E-state index contributed by atoms with van der Waals surface area (Å²) in [6.45, 7) is 2.06. The molecular weight excluding hydrogens is 308 g/mol. The molecule has 0 fully saturated rings. The van der Waals surface area contributed by atoms with Crippen molar-refractivity contribution in [2.75, 3.05) is 11.9 Å². The van der Waals surface area contributed by atoms with Gasteiger partial charge in [-0.05, 0) is 40.4 Å². The van der Waals surface area contributed by atoms with E-state index >= 15 is 0 Å². The van der Waals surface area contributed by atoms with Crippen LogP contribution in [0.3, 0.4) is 0 Å². The molecule has 1 amide bonds. The molecule has 0 aliphatic carbocycles. The topological polar surface area (TPSA) is 62.1 Å². The molecule has 0 unspecified atom stereocenters. The summed E-state index contributed by atoms with van der Waals surface area (Å²) in [5, 5.41) is 13.4. The minimum atomic E-state index is -0.501. The number of nitrogens with zero attached hydrogens (tertiary/aromatic N) is 1. The first kappa shape index (κ1) is 13.4. The Morgan fingerprint density at radius 2 is 2.16 bits per heavy atom. The lowest BCUT2D eigenvalue weighted by Gasteiger charge is -2.10. The number of ether oxygens (including phenoxy) is 1. The molecule has 0 heterocycles. The molecule has 4 nitrogen and oxygen atoms in total. The SMILES string of the molecule is CCOC(=O)Nc1ccc2c(C#N)cccc2c1Br. The van der Waals surface area contributed by atoms with E-state index in [1.165, 1.54) is 0 Å². The number of nitrogens with one attached hydrogen (secondary N) is 1. The predicted molar refractivity (Wildman–Crippen MR) is 77.0 cm³/mol. The summed E-state index contributed by atoms with van der Waals surface area (Å²) in [6.07, 6.45) is -0.501. The molecule has 0 aromatic heterocycles. The minimum Gasteiger partial charge on any atom is -0.450 e. The van der Waals surface area contributed by atoms with Gasteiger partial charge >= 0.3 is 6.09 Å². The second-order valence-electron chi connectivity index (χ2n) is 3.79. The van der Waals surface area contributed by atoms with E-state index in [1.54, 1.807) is 31.2 Å². The molecule has 0 aliphatic rings. The van der Waals surface area contributed by atoms with Crippen LogP contribution in [0.1, 0.15) is 12.5 Å². The quantitative estimate of drug-likeness (QED) is 0.908. The number of amides is 1. The number of hydrogen-bond donors (Lipinski definition) is 1. The average Bonchev–Trinajstić information content (AvgIpc) is 2.41. The Labute approximate surface area is 119 Å². The Kier molecular flexibility index (Phi) is 4.03. The van der Waals surface area contributed by atoms with Gasteiger partial charge in [0, 0.05) is 9.86 Å². The Hall–Kier alpha value is -2.06. The van der Waals surface area contributed by atoms with Crippen molar-refractivity contribution in [3.8, 4) is 6.07 Å². The van der Waals surface area contributed by atoms with E-state index in [0.29, 0.717) is 17.9 Å². The summed E-state index contributed by atoms with van der Waals surface area (Å²) in [6, 6.07) is 11.1. The molecule has 2 aromatic rings. The number of anilines is 1. The number of carbonyl (C=O) groups excluding carboxylic acids is 1. The lowest BCUT2D eigenvalue weighted by atomic mass is 10.0. The van der Waals surface area contributed by atoms with Gasteiger partial charge in [0.25, 0.3) is 0 Å². The molecule has 2 aromatic carbocycles. The van der Waals surface area contributed by atoms with Gasteiger partial charge in [0.2, 0.25) is 0 Å². The van der Waals surface area contributed by atoms with Crippen LogP contribution in [0.15, 0.2) is 34.8 Å². The molecule has 0 saturated heterocycles. The number of nitriles is 1. The molecule has 1 N–H and O–H groups in total. The van der Waals surface area contributed by atoms with Gasteiger partial charge in [0.15, 0.2) is 0 Å². The van der Waals surface area contributed by atoms with Crippen molar-refractivity contribution in [2.24, 2.45) is 0 Å². The first-order valence-electron chi connectivity index (χ1n) is 5.72. The monoisotopic (exact) mass is 318 g/mol. The van der Waals surface area contributed by atoms with Gasteiger partial charge in [-0.25, -0.2) is 4.79 Å². The molecule has 0 saturated carbocycles. The number of rotatable bonds is 2. The summed E-state index contributed by atoms with van der Waals surface area (Å²) >= 11 is 3.45. The maximum atomic E-state index is 11.4. The van der Waals surface area contributed by atoms with E-state index in [4.69, 9.17) is 10.00 Å². The van der Waals surface area contributed by atoms with Crippen molar-refractivity contribution in [2.45, 2.75) is 6.92 Å². The van der Waals surface area contributed by atoms with Gasteiger partial charge in [0.1, 0.15) is 0 Å². The second-order valence-corrected chi connectivity index (χ2v) is 4.58. The third kappa shape index (κ3) is 2.69. The zero-order valence-electron chi connectivity index (χ0n) is 10.2. The maximum Gasteiger partial charge on any atom is 0.411 e. The van der Waals surface area contributed by atoms with Crippen LogP contribution in [0.25, 0.3) is 10.8 Å².